The number of nitrogens with zero attached hydrogens (tertiary/aromatic N) is 1. The average molecular weight is 348 g/mol. The van der Waals surface area contributed by atoms with Gasteiger partial charge >= 0.3 is 0 Å². The van der Waals surface area contributed by atoms with Crippen LogP contribution >= 0.6 is 0 Å². The van der Waals surface area contributed by atoms with E-state index in [1.165, 1.54) is 29.5 Å². The Labute approximate surface area is 156 Å². The number of likely N-dealkylation sites (tertiary alicyclic amines) is 1. The van der Waals surface area contributed by atoms with Gasteiger partial charge in [0.2, 0.25) is 0 Å². The molecule has 2 unspecified atom stereocenters. The largest absolute Gasteiger partial charge is 0.348 e. The van der Waals surface area contributed by atoms with Gasteiger partial charge in [0.05, 0.1) is 0 Å². The van der Waals surface area contributed by atoms with E-state index in [0.717, 1.165) is 31.0 Å². The number of carbonyl (C=O) groups is 1. The van der Waals surface area contributed by atoms with E-state index in [-0.39, 0.29) is 5.91 Å². The van der Waals surface area contributed by atoms with E-state index in [1.54, 1.807) is 0 Å². The van der Waals surface area contributed by atoms with Crippen LogP contribution in [0.25, 0.3) is 11.1 Å². The summed E-state index contributed by atoms with van der Waals surface area (Å²) in [6.45, 7) is 4.30. The van der Waals surface area contributed by atoms with E-state index in [1.807, 2.05) is 12.1 Å². The molecular weight excluding hydrogens is 320 g/mol. The van der Waals surface area contributed by atoms with Crippen molar-refractivity contribution in [3.05, 3.63) is 59.7 Å². The van der Waals surface area contributed by atoms with Gasteiger partial charge in [0.15, 0.2) is 0 Å². The topological polar surface area (TPSA) is 32.3 Å². The van der Waals surface area contributed by atoms with Crippen molar-refractivity contribution in [3.8, 4) is 11.1 Å². The van der Waals surface area contributed by atoms with Crippen LogP contribution in [0, 0.1) is 11.8 Å². The van der Waals surface area contributed by atoms with Gasteiger partial charge in [-0.2, -0.15) is 0 Å². The Hall–Kier alpha value is -2.13. The van der Waals surface area contributed by atoms with Crippen molar-refractivity contribution in [1.29, 1.82) is 0 Å². The molecule has 1 aliphatic carbocycles. The molecule has 0 bridgehead atoms. The lowest BCUT2D eigenvalue weighted by Crippen LogP contribution is -2.43. The van der Waals surface area contributed by atoms with Crippen molar-refractivity contribution >= 4 is 5.91 Å². The summed E-state index contributed by atoms with van der Waals surface area (Å²) in [7, 11) is 2.16. The van der Waals surface area contributed by atoms with Crippen LogP contribution in [0.1, 0.15) is 35.7 Å². The zero-order valence-corrected chi connectivity index (χ0v) is 15.7. The normalized spacial score (nSPS) is 25.2. The smallest absolute Gasteiger partial charge is 0.251 e. The molecule has 1 aliphatic heterocycles. The molecule has 136 valence electrons. The molecule has 26 heavy (non-hydrogen) atoms. The first-order valence-corrected chi connectivity index (χ1v) is 9.83. The zero-order valence-electron chi connectivity index (χ0n) is 15.7. The number of likely N-dealkylation sites (N-methyl/N-ethyl adjacent to an activating group) is 1. The fourth-order valence-corrected chi connectivity index (χ4v) is 4.36. The molecule has 3 atom stereocenters. The summed E-state index contributed by atoms with van der Waals surface area (Å²) < 4.78 is 0. The van der Waals surface area contributed by atoms with Crippen LogP contribution in [0.5, 0.6) is 0 Å². The van der Waals surface area contributed by atoms with Crippen LogP contribution in [0.4, 0.5) is 0 Å². The van der Waals surface area contributed by atoms with E-state index in [9.17, 15) is 4.79 Å². The van der Waals surface area contributed by atoms with E-state index >= 15 is 0 Å². The maximum Gasteiger partial charge on any atom is 0.251 e. The number of amides is 1. The molecule has 1 saturated heterocycles. The minimum absolute atomic E-state index is 0.0614. The first-order valence-electron chi connectivity index (χ1n) is 9.83. The van der Waals surface area contributed by atoms with Crippen LogP contribution in [0.2, 0.25) is 0 Å². The van der Waals surface area contributed by atoms with Gasteiger partial charge in [-0.05, 0) is 73.5 Å². The van der Waals surface area contributed by atoms with Crippen LogP contribution in [0.15, 0.2) is 48.5 Å². The van der Waals surface area contributed by atoms with Crippen LogP contribution in [-0.4, -0.2) is 37.0 Å². The number of carbonyl (C=O) groups excluding carboxylic acids is 1. The Bertz CT molecular complexity index is 781. The maximum atomic E-state index is 12.7. The number of benzene rings is 2. The highest BCUT2D eigenvalue weighted by Gasteiger charge is 2.45. The molecule has 0 radical (unpaired) electrons. The predicted molar refractivity (Wildman–Crippen MR) is 106 cm³/mol. The first-order chi connectivity index (χ1) is 12.7. The van der Waals surface area contributed by atoms with Gasteiger partial charge in [0.25, 0.3) is 5.91 Å². The molecule has 1 saturated carbocycles. The Balaban J connectivity index is 1.47. The third-order valence-corrected chi connectivity index (χ3v) is 6.06. The minimum Gasteiger partial charge on any atom is -0.348 e. The third kappa shape index (κ3) is 3.54. The summed E-state index contributed by atoms with van der Waals surface area (Å²) in [5, 5.41) is 3.30. The zero-order chi connectivity index (χ0) is 18.1. The summed E-state index contributed by atoms with van der Waals surface area (Å²) >= 11 is 0. The van der Waals surface area contributed by atoms with Crippen molar-refractivity contribution < 1.29 is 4.79 Å². The second kappa shape index (κ2) is 7.24. The van der Waals surface area contributed by atoms with Gasteiger partial charge < -0.3 is 10.2 Å². The van der Waals surface area contributed by atoms with E-state index in [0.29, 0.717) is 12.0 Å². The lowest BCUT2D eigenvalue weighted by Gasteiger charge is -2.22. The Morgan fingerprint density at radius 3 is 2.69 bits per heavy atom. The van der Waals surface area contributed by atoms with Gasteiger partial charge in [-0.1, -0.05) is 43.3 Å². The van der Waals surface area contributed by atoms with Crippen LogP contribution in [0.3, 0.4) is 0 Å². The number of aryl methyl sites for hydroxylation is 1. The second-order valence-electron chi connectivity index (χ2n) is 7.88. The molecule has 1 N–H and O–H groups in total. The SMILES string of the molecule is CCc1ccccc1-c1ccc(C(=O)N[C@@H]2CN(C)CCC3CC32)cc1. The molecule has 1 amide bonds. The monoisotopic (exact) mass is 348 g/mol. The highest BCUT2D eigenvalue weighted by molar-refractivity contribution is 5.95. The number of nitrogens with one attached hydrogen (secondary N) is 1. The van der Waals surface area contributed by atoms with Gasteiger partial charge in [-0.15, -0.1) is 0 Å². The average Bonchev–Trinajstić information content (AvgIpc) is 3.46. The molecule has 4 rings (SSSR count). The molecular formula is C23H28N2O. The summed E-state index contributed by atoms with van der Waals surface area (Å²) in [5.74, 6) is 1.56. The standard InChI is InChI=1S/C23H28N2O/c1-3-16-6-4-5-7-20(16)17-8-10-18(11-9-17)23(26)24-22-15-25(2)13-12-19-14-21(19)22/h4-11,19,21-22H,3,12-15H2,1-2H3,(H,24,26)/t19?,21?,22-/m1/s1. The van der Waals surface area contributed by atoms with E-state index < -0.39 is 0 Å². The van der Waals surface area contributed by atoms with Crippen molar-refractivity contribution in [2.75, 3.05) is 20.1 Å². The first kappa shape index (κ1) is 17.3. The number of fused-ring (bicyclic) bond motifs is 1. The van der Waals surface area contributed by atoms with Crippen molar-refractivity contribution in [2.24, 2.45) is 11.8 Å². The Morgan fingerprint density at radius 2 is 1.92 bits per heavy atom. The summed E-state index contributed by atoms with van der Waals surface area (Å²) in [4.78, 5) is 15.1. The van der Waals surface area contributed by atoms with E-state index in [4.69, 9.17) is 0 Å². The number of hydrogen-bond donors (Lipinski definition) is 1. The highest BCUT2D eigenvalue weighted by Crippen LogP contribution is 2.45. The molecule has 1 heterocycles. The Kier molecular flexibility index (Phi) is 4.82. The summed E-state index contributed by atoms with van der Waals surface area (Å²) in [5.41, 5.74) is 4.53. The molecule has 0 spiro atoms. The predicted octanol–water partition coefficient (Wildman–Crippen LogP) is 3.99. The van der Waals surface area contributed by atoms with Crippen LogP contribution in [-0.2, 0) is 6.42 Å². The Morgan fingerprint density at radius 1 is 1.15 bits per heavy atom. The van der Waals surface area contributed by atoms with Crippen molar-refractivity contribution in [1.82, 2.24) is 10.2 Å². The van der Waals surface area contributed by atoms with Crippen molar-refractivity contribution in [3.63, 3.8) is 0 Å². The maximum absolute atomic E-state index is 12.7. The van der Waals surface area contributed by atoms with E-state index in [2.05, 4.69) is 60.6 Å². The number of rotatable bonds is 4. The third-order valence-electron chi connectivity index (χ3n) is 6.06. The fraction of sp³-hybridized carbons (Fsp3) is 0.435. The van der Waals surface area contributed by atoms with Crippen LogP contribution < -0.4 is 5.32 Å². The summed E-state index contributed by atoms with van der Waals surface area (Å²) in [6.07, 6.45) is 3.57. The van der Waals surface area contributed by atoms with Crippen molar-refractivity contribution in [2.45, 2.75) is 32.2 Å². The molecule has 2 fully saturated rings. The molecule has 2 aromatic carbocycles. The summed E-state index contributed by atoms with van der Waals surface area (Å²) in [6, 6.07) is 16.8. The second-order valence-corrected chi connectivity index (χ2v) is 7.88. The number of hydrogen-bond acceptors (Lipinski definition) is 2. The van der Waals surface area contributed by atoms with Gasteiger partial charge in [-0.3, -0.25) is 4.79 Å². The molecule has 3 heteroatoms. The lowest BCUT2D eigenvalue weighted by atomic mass is 9.97. The minimum atomic E-state index is 0.0614. The molecule has 0 aromatic heterocycles. The van der Waals surface area contributed by atoms with Gasteiger partial charge in [0.1, 0.15) is 0 Å². The molecule has 2 aromatic rings. The fourth-order valence-electron chi connectivity index (χ4n) is 4.36. The molecule has 2 aliphatic rings. The van der Waals surface area contributed by atoms with Gasteiger partial charge in [0, 0.05) is 18.2 Å². The molecule has 3 nitrogen and oxygen atoms in total. The highest BCUT2D eigenvalue weighted by atomic mass is 16.1. The lowest BCUT2D eigenvalue weighted by molar-refractivity contribution is 0.0924. The van der Waals surface area contributed by atoms with Gasteiger partial charge in [-0.25, -0.2) is 0 Å². The quantitative estimate of drug-likeness (QED) is 0.906.